The van der Waals surface area contributed by atoms with Crippen LogP contribution in [0.25, 0.3) is 0 Å². The Bertz CT molecular complexity index is 820. The summed E-state index contributed by atoms with van der Waals surface area (Å²) in [4.78, 5) is 10.7. The SMILES string of the molecule is N#Cc1cccc(CS(=O)(=O)Nc2cc(C(=O)O)[nH]n2)c1. The molecule has 108 valence electrons. The molecule has 0 spiro atoms. The van der Waals surface area contributed by atoms with Crippen LogP contribution in [0.15, 0.2) is 30.3 Å². The minimum Gasteiger partial charge on any atom is -0.477 e. The number of aromatic carboxylic acids is 1. The largest absolute Gasteiger partial charge is 0.477 e. The van der Waals surface area contributed by atoms with Gasteiger partial charge in [0.05, 0.1) is 17.4 Å². The van der Waals surface area contributed by atoms with E-state index in [-0.39, 0.29) is 17.3 Å². The number of carbonyl (C=O) groups is 1. The predicted molar refractivity (Wildman–Crippen MR) is 73.0 cm³/mol. The van der Waals surface area contributed by atoms with Crippen molar-refractivity contribution < 1.29 is 18.3 Å². The number of nitrogens with zero attached hydrogens (tertiary/aromatic N) is 2. The third-order valence-corrected chi connectivity index (χ3v) is 3.71. The maximum Gasteiger partial charge on any atom is 0.353 e. The number of carboxylic acid groups (broad SMARTS) is 1. The molecule has 9 heteroatoms. The van der Waals surface area contributed by atoms with Gasteiger partial charge in [0.15, 0.2) is 5.82 Å². The molecule has 3 N–H and O–H groups in total. The highest BCUT2D eigenvalue weighted by Crippen LogP contribution is 2.13. The first-order valence-corrected chi connectivity index (χ1v) is 7.33. The Morgan fingerprint density at radius 1 is 1.43 bits per heavy atom. The lowest BCUT2D eigenvalue weighted by molar-refractivity contribution is 0.0690. The summed E-state index contributed by atoms with van der Waals surface area (Å²) in [5.41, 5.74) is 0.574. The molecule has 0 aliphatic carbocycles. The topological polar surface area (TPSA) is 136 Å². The number of aromatic nitrogens is 2. The molecule has 1 heterocycles. The summed E-state index contributed by atoms with van der Waals surface area (Å²) >= 11 is 0. The number of hydrogen-bond acceptors (Lipinski definition) is 5. The number of anilines is 1. The molecule has 1 aromatic carbocycles. The van der Waals surface area contributed by atoms with Crippen molar-refractivity contribution in [3.8, 4) is 6.07 Å². The van der Waals surface area contributed by atoms with Crippen molar-refractivity contribution in [1.29, 1.82) is 5.26 Å². The van der Waals surface area contributed by atoms with Crippen LogP contribution in [0.3, 0.4) is 0 Å². The summed E-state index contributed by atoms with van der Waals surface area (Å²) in [7, 11) is -3.76. The van der Waals surface area contributed by atoms with Crippen LogP contribution in [0.2, 0.25) is 0 Å². The fourth-order valence-corrected chi connectivity index (χ4v) is 2.74. The van der Waals surface area contributed by atoms with E-state index in [1.807, 2.05) is 6.07 Å². The summed E-state index contributed by atoms with van der Waals surface area (Å²) in [6.45, 7) is 0. The fraction of sp³-hybridized carbons (Fsp3) is 0.0833. The number of nitriles is 1. The molecule has 0 unspecified atom stereocenters. The van der Waals surface area contributed by atoms with Crippen molar-refractivity contribution in [1.82, 2.24) is 10.2 Å². The molecule has 0 fully saturated rings. The Morgan fingerprint density at radius 2 is 2.19 bits per heavy atom. The lowest BCUT2D eigenvalue weighted by Gasteiger charge is -2.05. The van der Waals surface area contributed by atoms with Gasteiger partial charge in [-0.05, 0) is 17.7 Å². The zero-order chi connectivity index (χ0) is 15.5. The molecule has 2 aromatic rings. The van der Waals surface area contributed by atoms with E-state index >= 15 is 0 Å². The second-order valence-corrected chi connectivity index (χ2v) is 5.87. The van der Waals surface area contributed by atoms with Crippen molar-refractivity contribution in [3.05, 3.63) is 47.2 Å². The van der Waals surface area contributed by atoms with Crippen LogP contribution in [-0.4, -0.2) is 29.7 Å². The van der Waals surface area contributed by atoms with E-state index in [0.717, 1.165) is 6.07 Å². The fourth-order valence-electron chi connectivity index (χ4n) is 1.63. The van der Waals surface area contributed by atoms with Crippen molar-refractivity contribution in [2.75, 3.05) is 4.72 Å². The van der Waals surface area contributed by atoms with Gasteiger partial charge in [0.25, 0.3) is 0 Å². The summed E-state index contributed by atoms with van der Waals surface area (Å²) in [6.07, 6.45) is 0. The van der Waals surface area contributed by atoms with Gasteiger partial charge in [0.2, 0.25) is 10.0 Å². The molecule has 1 aromatic heterocycles. The maximum absolute atomic E-state index is 12.0. The number of rotatable bonds is 5. The van der Waals surface area contributed by atoms with Gasteiger partial charge in [0.1, 0.15) is 5.69 Å². The number of H-pyrrole nitrogens is 1. The van der Waals surface area contributed by atoms with Crippen molar-refractivity contribution in [3.63, 3.8) is 0 Å². The number of aromatic amines is 1. The lowest BCUT2D eigenvalue weighted by atomic mass is 10.2. The molecule has 0 amide bonds. The Hall–Kier alpha value is -2.86. The lowest BCUT2D eigenvalue weighted by Crippen LogP contribution is -2.15. The zero-order valence-corrected chi connectivity index (χ0v) is 11.4. The zero-order valence-electron chi connectivity index (χ0n) is 10.6. The van der Waals surface area contributed by atoms with E-state index in [1.165, 1.54) is 6.07 Å². The van der Waals surface area contributed by atoms with Crippen LogP contribution in [0.5, 0.6) is 0 Å². The van der Waals surface area contributed by atoms with Gasteiger partial charge in [-0.3, -0.25) is 9.82 Å². The van der Waals surface area contributed by atoms with Crippen molar-refractivity contribution >= 4 is 21.8 Å². The quantitative estimate of drug-likeness (QED) is 0.751. The predicted octanol–water partition coefficient (Wildman–Crippen LogP) is 0.921. The molecule has 0 saturated heterocycles. The number of nitrogens with one attached hydrogen (secondary N) is 2. The third-order valence-electron chi connectivity index (χ3n) is 2.48. The Labute approximate surface area is 120 Å². The van der Waals surface area contributed by atoms with Gasteiger partial charge < -0.3 is 5.11 Å². The highest BCUT2D eigenvalue weighted by Gasteiger charge is 2.15. The number of benzene rings is 1. The van der Waals surface area contributed by atoms with Gasteiger partial charge in [-0.15, -0.1) is 0 Å². The minimum atomic E-state index is -3.76. The average Bonchev–Trinajstić information content (AvgIpc) is 2.86. The van der Waals surface area contributed by atoms with Crippen LogP contribution in [-0.2, 0) is 15.8 Å². The maximum atomic E-state index is 12.0. The third kappa shape index (κ3) is 3.80. The Kier molecular flexibility index (Phi) is 3.91. The molecular formula is C12H10N4O4S. The highest BCUT2D eigenvalue weighted by molar-refractivity contribution is 7.91. The smallest absolute Gasteiger partial charge is 0.353 e. The van der Waals surface area contributed by atoms with Crippen LogP contribution in [0.1, 0.15) is 21.6 Å². The van der Waals surface area contributed by atoms with E-state index in [1.54, 1.807) is 18.2 Å². The standard InChI is InChI=1S/C12H10N4O4S/c13-6-8-2-1-3-9(4-8)7-21(19,20)16-11-5-10(12(17)18)14-15-11/h1-5H,7H2,(H,17,18)(H2,14,15,16). The first kappa shape index (κ1) is 14.5. The van der Waals surface area contributed by atoms with Crippen LogP contribution < -0.4 is 4.72 Å². The van der Waals surface area contributed by atoms with Gasteiger partial charge >= 0.3 is 5.97 Å². The summed E-state index contributed by atoms with van der Waals surface area (Å²) in [6, 6.07) is 9.19. The van der Waals surface area contributed by atoms with E-state index in [9.17, 15) is 13.2 Å². The van der Waals surface area contributed by atoms with Crippen LogP contribution in [0.4, 0.5) is 5.82 Å². The Balaban J connectivity index is 2.14. The molecule has 21 heavy (non-hydrogen) atoms. The Morgan fingerprint density at radius 3 is 2.81 bits per heavy atom. The van der Waals surface area contributed by atoms with Crippen LogP contribution >= 0.6 is 0 Å². The molecule has 2 rings (SSSR count). The number of carboxylic acids is 1. The molecule has 0 aliphatic heterocycles. The second-order valence-electron chi connectivity index (χ2n) is 4.15. The van der Waals surface area contributed by atoms with E-state index in [2.05, 4.69) is 14.9 Å². The van der Waals surface area contributed by atoms with Crippen molar-refractivity contribution in [2.24, 2.45) is 0 Å². The van der Waals surface area contributed by atoms with Gasteiger partial charge in [-0.2, -0.15) is 10.4 Å². The molecule has 0 bridgehead atoms. The van der Waals surface area contributed by atoms with Crippen LogP contribution in [0, 0.1) is 11.3 Å². The average molecular weight is 306 g/mol. The molecule has 0 atom stereocenters. The summed E-state index contributed by atoms with van der Waals surface area (Å²) in [5.74, 6) is -1.70. The van der Waals surface area contributed by atoms with Gasteiger partial charge in [-0.1, -0.05) is 12.1 Å². The van der Waals surface area contributed by atoms with Gasteiger partial charge in [-0.25, -0.2) is 13.2 Å². The molecular weight excluding hydrogens is 296 g/mol. The normalized spacial score (nSPS) is 10.8. The van der Waals surface area contributed by atoms with E-state index in [4.69, 9.17) is 10.4 Å². The van der Waals surface area contributed by atoms with E-state index < -0.39 is 16.0 Å². The first-order chi connectivity index (χ1) is 9.89. The molecule has 0 aliphatic rings. The monoisotopic (exact) mass is 306 g/mol. The van der Waals surface area contributed by atoms with Crippen molar-refractivity contribution in [2.45, 2.75) is 5.75 Å². The summed E-state index contributed by atoms with van der Waals surface area (Å²) < 4.78 is 26.1. The molecule has 0 saturated carbocycles. The molecule has 0 radical (unpaired) electrons. The number of hydrogen-bond donors (Lipinski definition) is 3. The summed E-state index contributed by atoms with van der Waals surface area (Å²) in [5, 5.41) is 23.2. The number of sulfonamides is 1. The molecule has 8 nitrogen and oxygen atoms in total. The van der Waals surface area contributed by atoms with E-state index in [0.29, 0.717) is 11.1 Å². The first-order valence-electron chi connectivity index (χ1n) is 5.68. The second kappa shape index (κ2) is 5.64. The minimum absolute atomic E-state index is 0.108. The van der Waals surface area contributed by atoms with Gasteiger partial charge in [0, 0.05) is 6.07 Å². The highest BCUT2D eigenvalue weighted by atomic mass is 32.2.